The smallest absolute Gasteiger partial charge is 0.306 e. The molecule has 0 N–H and O–H groups in total. The van der Waals surface area contributed by atoms with Gasteiger partial charge in [0.2, 0.25) is 0 Å². The first-order chi connectivity index (χ1) is 16.7. The van der Waals surface area contributed by atoms with Crippen molar-refractivity contribution in [3.63, 3.8) is 0 Å². The Balaban J connectivity index is 5.62. The van der Waals surface area contributed by atoms with Gasteiger partial charge < -0.3 is 9.16 Å². The van der Waals surface area contributed by atoms with Crippen LogP contribution in [0.5, 0.6) is 0 Å². The van der Waals surface area contributed by atoms with Crippen molar-refractivity contribution in [1.29, 1.82) is 0 Å². The molecule has 5 atom stereocenters. The fourth-order valence-corrected chi connectivity index (χ4v) is 5.38. The molecule has 0 saturated carbocycles. The highest BCUT2D eigenvalue weighted by Crippen LogP contribution is 2.41. The summed E-state index contributed by atoms with van der Waals surface area (Å²) < 4.78 is 12.3. The second-order valence-corrected chi connectivity index (χ2v) is 17.5. The lowest BCUT2D eigenvalue weighted by atomic mass is 9.69. The highest BCUT2D eigenvalue weighted by Gasteiger charge is 2.45. The van der Waals surface area contributed by atoms with E-state index >= 15 is 0 Å². The summed E-state index contributed by atoms with van der Waals surface area (Å²) in [6.07, 6.45) is 5.53. The van der Waals surface area contributed by atoms with E-state index < -0.39 is 25.8 Å². The van der Waals surface area contributed by atoms with Gasteiger partial charge in [-0.2, -0.15) is 0 Å². The molecule has 0 fully saturated rings. The highest BCUT2D eigenvalue weighted by molar-refractivity contribution is 6.74. The largest absolute Gasteiger partial charge is 0.454 e. The molecule has 0 aromatic carbocycles. The van der Waals surface area contributed by atoms with Gasteiger partial charge in [0.05, 0.1) is 6.10 Å². The molecule has 0 aromatic rings. The lowest BCUT2D eigenvalue weighted by molar-refractivity contribution is -0.156. The SMILES string of the molecule is C=CC/C(C)=C\C[C@H](OC(=O)C[C@H](C)C(C)(C)C(=O)[C@H](C)[C@@H](O[Si](C)(C)C(C)(C)C)[C@@H](C)C=C)C(C)=O. The van der Waals surface area contributed by atoms with E-state index in [9.17, 15) is 14.4 Å². The van der Waals surface area contributed by atoms with Gasteiger partial charge in [-0.25, -0.2) is 0 Å². The second kappa shape index (κ2) is 14.4. The third kappa shape index (κ3) is 10.5. The maximum absolute atomic E-state index is 13.8. The first-order valence-corrected chi connectivity index (χ1v) is 16.4. The Bertz CT molecular complexity index is 846. The Morgan fingerprint density at radius 1 is 0.973 bits per heavy atom. The number of Topliss-reactive ketones (excluding diaryl/α,β-unsaturated/α-hetero) is 2. The molecule has 0 bridgehead atoms. The van der Waals surface area contributed by atoms with Gasteiger partial charge in [0.1, 0.15) is 5.78 Å². The molecule has 0 aliphatic rings. The first-order valence-electron chi connectivity index (χ1n) is 13.5. The van der Waals surface area contributed by atoms with Crippen LogP contribution in [0.15, 0.2) is 37.0 Å². The molecule has 0 saturated heterocycles. The number of ether oxygens (including phenoxy) is 1. The van der Waals surface area contributed by atoms with Gasteiger partial charge in [-0.3, -0.25) is 14.4 Å². The standard InChI is InChI=1S/C31H54O5Si/c1-15-17-21(3)18-19-26(25(7)32)35-27(33)20-23(5)31(11,12)29(34)24(6)28(22(4)16-2)36-37(13,14)30(8,9)10/h15-16,18,22-24,26,28H,1-2,17,19-20H2,3-14H3/b21-18-/t22-,23-,24+,26-,28-/m0/s1. The van der Waals surface area contributed by atoms with Crippen molar-refractivity contribution in [2.75, 3.05) is 0 Å². The zero-order valence-corrected chi connectivity index (χ0v) is 26.7. The fraction of sp³-hybridized carbons (Fsp3) is 0.710. The molecule has 0 unspecified atom stereocenters. The van der Waals surface area contributed by atoms with Crippen molar-refractivity contribution in [1.82, 2.24) is 0 Å². The van der Waals surface area contributed by atoms with Gasteiger partial charge >= 0.3 is 5.97 Å². The summed E-state index contributed by atoms with van der Waals surface area (Å²) in [4.78, 5) is 38.7. The molecular weight excluding hydrogens is 480 g/mol. The van der Waals surface area contributed by atoms with Gasteiger partial charge in [0.25, 0.3) is 0 Å². The molecule has 0 rings (SSSR count). The Morgan fingerprint density at radius 2 is 1.51 bits per heavy atom. The summed E-state index contributed by atoms with van der Waals surface area (Å²) >= 11 is 0. The van der Waals surface area contributed by atoms with Crippen LogP contribution in [0, 0.1) is 23.2 Å². The predicted octanol–water partition coefficient (Wildman–Crippen LogP) is 7.87. The number of ketones is 2. The number of carbonyl (C=O) groups excluding carboxylic acids is 3. The van der Waals surface area contributed by atoms with Crippen LogP contribution >= 0.6 is 0 Å². The summed E-state index contributed by atoms with van der Waals surface area (Å²) in [5, 5.41) is 0.00808. The molecule has 0 radical (unpaired) electrons. The van der Waals surface area contributed by atoms with Gasteiger partial charge in [-0.15, -0.1) is 13.2 Å². The molecule has 5 nitrogen and oxygen atoms in total. The van der Waals surface area contributed by atoms with Gasteiger partial charge in [0, 0.05) is 24.2 Å². The van der Waals surface area contributed by atoms with Crippen LogP contribution < -0.4 is 0 Å². The lowest BCUT2D eigenvalue weighted by Gasteiger charge is -2.43. The van der Waals surface area contributed by atoms with Crippen LogP contribution in [0.2, 0.25) is 18.1 Å². The molecule has 0 heterocycles. The topological polar surface area (TPSA) is 69.7 Å². The third-order valence-corrected chi connectivity index (χ3v) is 12.7. The fourth-order valence-electron chi connectivity index (χ4n) is 3.92. The predicted molar refractivity (Wildman–Crippen MR) is 157 cm³/mol. The Morgan fingerprint density at radius 3 is 1.95 bits per heavy atom. The van der Waals surface area contributed by atoms with Crippen LogP contribution in [-0.2, 0) is 23.5 Å². The Hall–Kier alpha value is -1.79. The zero-order valence-electron chi connectivity index (χ0n) is 25.7. The van der Waals surface area contributed by atoms with Gasteiger partial charge in [-0.05, 0) is 50.2 Å². The van der Waals surface area contributed by atoms with Gasteiger partial charge in [-0.1, -0.05) is 79.2 Å². The Kier molecular flexibility index (Phi) is 13.7. The van der Waals surface area contributed by atoms with Crippen LogP contribution in [0.25, 0.3) is 0 Å². The number of allylic oxidation sites excluding steroid dienone is 2. The second-order valence-electron chi connectivity index (χ2n) is 12.8. The zero-order chi connectivity index (χ0) is 29.4. The minimum absolute atomic E-state index is 0.00179. The van der Waals surface area contributed by atoms with E-state index in [1.54, 1.807) is 6.08 Å². The van der Waals surface area contributed by atoms with Crippen LogP contribution in [0.4, 0.5) is 0 Å². The van der Waals surface area contributed by atoms with Crippen molar-refractivity contribution in [3.8, 4) is 0 Å². The van der Waals surface area contributed by atoms with Crippen LogP contribution in [0.3, 0.4) is 0 Å². The quantitative estimate of drug-likeness (QED) is 0.114. The number of hydrogen-bond acceptors (Lipinski definition) is 5. The number of esters is 1. The van der Waals surface area contributed by atoms with Gasteiger partial charge in [0.15, 0.2) is 20.2 Å². The number of rotatable bonds is 16. The monoisotopic (exact) mass is 534 g/mol. The van der Waals surface area contributed by atoms with Crippen molar-refractivity contribution in [3.05, 3.63) is 37.0 Å². The molecular formula is C31H54O5Si. The van der Waals surface area contributed by atoms with E-state index in [-0.39, 0.29) is 46.9 Å². The van der Waals surface area contributed by atoms with Crippen LogP contribution in [-0.4, -0.2) is 38.1 Å². The highest BCUT2D eigenvalue weighted by atomic mass is 28.4. The van der Waals surface area contributed by atoms with Crippen molar-refractivity contribution in [2.45, 2.75) is 119 Å². The Labute approximate surface area is 228 Å². The maximum Gasteiger partial charge on any atom is 0.306 e. The molecule has 0 aliphatic carbocycles. The summed E-state index contributed by atoms with van der Waals surface area (Å²) in [5.41, 5.74) is 0.273. The van der Waals surface area contributed by atoms with Crippen molar-refractivity contribution in [2.24, 2.45) is 23.2 Å². The molecule has 6 heteroatoms. The summed E-state index contributed by atoms with van der Waals surface area (Å²) in [6, 6.07) is 0. The van der Waals surface area contributed by atoms with E-state index in [2.05, 4.69) is 47.0 Å². The number of hydrogen-bond donors (Lipinski definition) is 0. The number of carbonyl (C=O) groups is 3. The minimum atomic E-state index is -2.14. The third-order valence-electron chi connectivity index (χ3n) is 8.25. The molecule has 212 valence electrons. The molecule has 0 aliphatic heterocycles. The molecule has 37 heavy (non-hydrogen) atoms. The van der Waals surface area contributed by atoms with Crippen LogP contribution in [0.1, 0.15) is 88.5 Å². The van der Waals surface area contributed by atoms with E-state index in [1.165, 1.54) is 6.92 Å². The maximum atomic E-state index is 13.8. The lowest BCUT2D eigenvalue weighted by Crippen LogP contribution is -2.50. The van der Waals surface area contributed by atoms with E-state index in [1.807, 2.05) is 53.7 Å². The van der Waals surface area contributed by atoms with E-state index in [0.717, 1.165) is 5.57 Å². The average molecular weight is 535 g/mol. The summed E-state index contributed by atoms with van der Waals surface area (Å²) in [6.45, 7) is 31.6. The minimum Gasteiger partial charge on any atom is -0.454 e. The molecule has 0 amide bonds. The summed E-state index contributed by atoms with van der Waals surface area (Å²) in [5.74, 6) is -1.28. The van der Waals surface area contributed by atoms with E-state index in [4.69, 9.17) is 9.16 Å². The molecule has 0 spiro atoms. The molecule has 0 aromatic heterocycles. The van der Waals surface area contributed by atoms with E-state index in [0.29, 0.717) is 12.8 Å². The average Bonchev–Trinajstić information content (AvgIpc) is 2.77. The van der Waals surface area contributed by atoms with Crippen molar-refractivity contribution < 1.29 is 23.5 Å². The first kappa shape index (κ1) is 35.2. The normalized spacial score (nSPS) is 17.2. The summed E-state index contributed by atoms with van der Waals surface area (Å²) in [7, 11) is -2.14. The van der Waals surface area contributed by atoms with Crippen molar-refractivity contribution >= 4 is 25.9 Å².